The Kier molecular flexibility index (Phi) is 5.11. The van der Waals surface area contributed by atoms with Crippen molar-refractivity contribution in [3.63, 3.8) is 0 Å². The molecule has 0 fully saturated rings. The minimum Gasteiger partial charge on any atom is -0.346 e. The third-order valence-electron chi connectivity index (χ3n) is 3.33. The maximum atomic E-state index is 12.3. The third kappa shape index (κ3) is 4.42. The van der Waals surface area contributed by atoms with Gasteiger partial charge >= 0.3 is 0 Å². The van der Waals surface area contributed by atoms with Gasteiger partial charge in [0.2, 0.25) is 5.91 Å². The van der Waals surface area contributed by atoms with Crippen LogP contribution in [-0.2, 0) is 4.79 Å². The predicted octanol–water partition coefficient (Wildman–Crippen LogP) is 3.01. The lowest BCUT2D eigenvalue weighted by molar-refractivity contribution is -0.114. The summed E-state index contributed by atoms with van der Waals surface area (Å²) in [6.07, 6.45) is 0. The summed E-state index contributed by atoms with van der Waals surface area (Å²) in [7, 11) is 0. The van der Waals surface area contributed by atoms with E-state index in [1.807, 2.05) is 19.1 Å². The lowest BCUT2D eigenvalue weighted by Crippen LogP contribution is -2.26. The van der Waals surface area contributed by atoms with E-state index in [4.69, 9.17) is 5.26 Å². The quantitative estimate of drug-likeness (QED) is 0.911. The molecule has 0 aliphatic rings. The van der Waals surface area contributed by atoms with Crippen molar-refractivity contribution >= 4 is 17.5 Å². The molecule has 2 aromatic rings. The van der Waals surface area contributed by atoms with Crippen molar-refractivity contribution in [3.8, 4) is 6.07 Å². The van der Waals surface area contributed by atoms with E-state index in [0.717, 1.165) is 5.56 Å². The van der Waals surface area contributed by atoms with E-state index < -0.39 is 0 Å². The van der Waals surface area contributed by atoms with Crippen LogP contribution in [0.3, 0.4) is 0 Å². The number of benzene rings is 2. The monoisotopic (exact) mass is 307 g/mol. The molecule has 0 heterocycles. The van der Waals surface area contributed by atoms with Crippen LogP contribution in [0.15, 0.2) is 48.5 Å². The zero-order valence-electron chi connectivity index (χ0n) is 13.0. The zero-order valence-corrected chi connectivity index (χ0v) is 13.0. The minimum absolute atomic E-state index is 0.187. The van der Waals surface area contributed by atoms with Gasteiger partial charge in [-0.3, -0.25) is 9.59 Å². The first kappa shape index (κ1) is 16.2. The standard InChI is InChI=1S/C18H17N3O2/c1-12(15-8-6-14(11-19)7-9-15)20-18(23)16-4-3-5-17(10-16)21-13(2)22/h3-10,12H,1-2H3,(H,20,23)(H,21,22). The number of nitrogens with one attached hydrogen (secondary N) is 2. The van der Waals surface area contributed by atoms with Crippen LogP contribution in [0.1, 0.15) is 41.4 Å². The zero-order chi connectivity index (χ0) is 16.8. The van der Waals surface area contributed by atoms with E-state index in [9.17, 15) is 9.59 Å². The third-order valence-corrected chi connectivity index (χ3v) is 3.33. The first-order chi connectivity index (χ1) is 11.0. The molecule has 0 bridgehead atoms. The Balaban J connectivity index is 2.08. The summed E-state index contributed by atoms with van der Waals surface area (Å²) in [5.41, 5.74) is 2.54. The van der Waals surface area contributed by atoms with Gasteiger partial charge in [0.05, 0.1) is 17.7 Å². The fraction of sp³-hybridized carbons (Fsp3) is 0.167. The van der Waals surface area contributed by atoms with Crippen molar-refractivity contribution < 1.29 is 9.59 Å². The Morgan fingerprint density at radius 3 is 2.43 bits per heavy atom. The van der Waals surface area contributed by atoms with Gasteiger partial charge in [0.25, 0.3) is 5.91 Å². The summed E-state index contributed by atoms with van der Waals surface area (Å²) in [4.78, 5) is 23.4. The van der Waals surface area contributed by atoms with Crippen LogP contribution in [0, 0.1) is 11.3 Å². The van der Waals surface area contributed by atoms with E-state index >= 15 is 0 Å². The second-order valence-corrected chi connectivity index (χ2v) is 5.19. The largest absolute Gasteiger partial charge is 0.346 e. The van der Waals surface area contributed by atoms with Gasteiger partial charge in [-0.15, -0.1) is 0 Å². The number of hydrogen-bond donors (Lipinski definition) is 2. The van der Waals surface area contributed by atoms with Gasteiger partial charge in [-0.1, -0.05) is 18.2 Å². The van der Waals surface area contributed by atoms with Crippen molar-refractivity contribution in [2.24, 2.45) is 0 Å². The number of carbonyl (C=O) groups excluding carboxylic acids is 2. The molecule has 116 valence electrons. The Labute approximate surface area is 134 Å². The van der Waals surface area contributed by atoms with Crippen molar-refractivity contribution in [1.29, 1.82) is 5.26 Å². The van der Waals surface area contributed by atoms with Gasteiger partial charge in [0, 0.05) is 18.2 Å². The number of carbonyl (C=O) groups is 2. The smallest absolute Gasteiger partial charge is 0.251 e. The highest BCUT2D eigenvalue weighted by Crippen LogP contribution is 2.15. The summed E-state index contributed by atoms with van der Waals surface area (Å²) in [5, 5.41) is 14.3. The number of rotatable bonds is 4. The normalized spacial score (nSPS) is 11.2. The number of amides is 2. The van der Waals surface area contributed by atoms with Crippen molar-refractivity contribution in [1.82, 2.24) is 5.32 Å². The Hall–Kier alpha value is -3.13. The van der Waals surface area contributed by atoms with Gasteiger partial charge in [-0.05, 0) is 42.8 Å². The molecule has 2 rings (SSSR count). The molecule has 5 heteroatoms. The molecule has 2 N–H and O–H groups in total. The van der Waals surface area contributed by atoms with Crippen LogP contribution in [0.2, 0.25) is 0 Å². The van der Waals surface area contributed by atoms with Crippen LogP contribution in [-0.4, -0.2) is 11.8 Å². The molecule has 1 unspecified atom stereocenters. The first-order valence-electron chi connectivity index (χ1n) is 7.18. The SMILES string of the molecule is CC(=O)Nc1cccc(C(=O)NC(C)c2ccc(C#N)cc2)c1. The van der Waals surface area contributed by atoms with E-state index in [1.165, 1.54) is 6.92 Å². The molecule has 0 aromatic heterocycles. The molecule has 23 heavy (non-hydrogen) atoms. The van der Waals surface area contributed by atoms with Crippen LogP contribution in [0.25, 0.3) is 0 Å². The Bertz CT molecular complexity index is 761. The minimum atomic E-state index is -0.228. The molecule has 5 nitrogen and oxygen atoms in total. The molecular formula is C18H17N3O2. The molecule has 2 amide bonds. The fourth-order valence-corrected chi connectivity index (χ4v) is 2.15. The van der Waals surface area contributed by atoms with Gasteiger partial charge < -0.3 is 10.6 Å². The van der Waals surface area contributed by atoms with Crippen LogP contribution in [0.4, 0.5) is 5.69 Å². The fourth-order valence-electron chi connectivity index (χ4n) is 2.15. The summed E-state index contributed by atoms with van der Waals surface area (Å²) in [6.45, 7) is 3.29. The molecule has 0 saturated carbocycles. The second-order valence-electron chi connectivity index (χ2n) is 5.19. The highest BCUT2D eigenvalue weighted by molar-refractivity contribution is 5.97. The lowest BCUT2D eigenvalue weighted by Gasteiger charge is -2.15. The van der Waals surface area contributed by atoms with E-state index in [2.05, 4.69) is 16.7 Å². The van der Waals surface area contributed by atoms with Gasteiger partial charge in [-0.25, -0.2) is 0 Å². The second kappa shape index (κ2) is 7.23. The molecule has 0 spiro atoms. The Morgan fingerprint density at radius 2 is 1.83 bits per heavy atom. The molecule has 0 radical (unpaired) electrons. The first-order valence-corrected chi connectivity index (χ1v) is 7.18. The van der Waals surface area contributed by atoms with E-state index in [-0.39, 0.29) is 17.9 Å². The van der Waals surface area contributed by atoms with Gasteiger partial charge in [0.1, 0.15) is 0 Å². The summed E-state index contributed by atoms with van der Waals surface area (Å²) in [6, 6.07) is 15.7. The van der Waals surface area contributed by atoms with Crippen LogP contribution < -0.4 is 10.6 Å². The highest BCUT2D eigenvalue weighted by atomic mass is 16.2. The summed E-state index contributed by atoms with van der Waals surface area (Å²) in [5.74, 6) is -0.414. The maximum Gasteiger partial charge on any atom is 0.251 e. The number of hydrogen-bond acceptors (Lipinski definition) is 3. The molecule has 0 saturated heterocycles. The Morgan fingerprint density at radius 1 is 1.13 bits per heavy atom. The molecular weight excluding hydrogens is 290 g/mol. The summed E-state index contributed by atoms with van der Waals surface area (Å²) < 4.78 is 0. The summed E-state index contributed by atoms with van der Waals surface area (Å²) >= 11 is 0. The van der Waals surface area contributed by atoms with Gasteiger partial charge in [0.15, 0.2) is 0 Å². The predicted molar refractivity (Wildman–Crippen MR) is 87.8 cm³/mol. The number of nitrogens with zero attached hydrogens (tertiary/aromatic N) is 1. The maximum absolute atomic E-state index is 12.3. The lowest BCUT2D eigenvalue weighted by atomic mass is 10.1. The van der Waals surface area contributed by atoms with Gasteiger partial charge in [-0.2, -0.15) is 5.26 Å². The number of nitriles is 1. The van der Waals surface area contributed by atoms with Crippen molar-refractivity contribution in [2.75, 3.05) is 5.32 Å². The van der Waals surface area contributed by atoms with Crippen molar-refractivity contribution in [2.45, 2.75) is 19.9 Å². The number of anilines is 1. The average Bonchev–Trinajstić information content (AvgIpc) is 2.54. The van der Waals surface area contributed by atoms with Crippen LogP contribution in [0.5, 0.6) is 0 Å². The molecule has 0 aliphatic heterocycles. The van der Waals surface area contributed by atoms with E-state index in [1.54, 1.807) is 36.4 Å². The van der Waals surface area contributed by atoms with Crippen molar-refractivity contribution in [3.05, 3.63) is 65.2 Å². The highest BCUT2D eigenvalue weighted by Gasteiger charge is 2.12. The molecule has 1 atom stereocenters. The topological polar surface area (TPSA) is 82.0 Å². The molecule has 2 aromatic carbocycles. The molecule has 0 aliphatic carbocycles. The average molecular weight is 307 g/mol. The van der Waals surface area contributed by atoms with E-state index in [0.29, 0.717) is 16.8 Å². The van der Waals surface area contributed by atoms with Crippen LogP contribution >= 0.6 is 0 Å².